The van der Waals surface area contributed by atoms with E-state index >= 15 is 0 Å². The number of nitrogens with zero attached hydrogens (tertiary/aromatic N) is 1. The van der Waals surface area contributed by atoms with E-state index < -0.39 is 0 Å². The first-order valence-electron chi connectivity index (χ1n) is 4.93. The monoisotopic (exact) mass is 209 g/mol. The van der Waals surface area contributed by atoms with Crippen LogP contribution in [0, 0.1) is 5.92 Å². The molecule has 1 aliphatic carbocycles. The highest BCUT2D eigenvalue weighted by Gasteiger charge is 2.23. The molecule has 1 unspecified atom stereocenters. The second-order valence-corrected chi connectivity index (χ2v) is 3.89. The van der Waals surface area contributed by atoms with Crippen LogP contribution in [-0.4, -0.2) is 39.8 Å². The first kappa shape index (κ1) is 11.9. The van der Waals surface area contributed by atoms with Crippen LogP contribution < -0.4 is 0 Å². The summed E-state index contributed by atoms with van der Waals surface area (Å²) in [5.74, 6) is 1.93. The molecule has 0 saturated heterocycles. The smallest absolute Gasteiger partial charge is 0.122 e. The molecule has 1 rings (SSSR count). The van der Waals surface area contributed by atoms with E-state index in [1.54, 1.807) is 14.2 Å². The van der Waals surface area contributed by atoms with E-state index in [9.17, 15) is 0 Å². The lowest BCUT2D eigenvalue weighted by Gasteiger charge is -2.26. The molecule has 0 aromatic carbocycles. The third-order valence-electron chi connectivity index (χ3n) is 2.42. The molecule has 0 bridgehead atoms. The van der Waals surface area contributed by atoms with Crippen LogP contribution in [0.4, 0.5) is 0 Å². The van der Waals surface area contributed by atoms with Crippen molar-refractivity contribution < 1.29 is 9.47 Å². The minimum atomic E-state index is 0.226. The molecule has 0 heterocycles. The Kier molecular flexibility index (Phi) is 3.97. The van der Waals surface area contributed by atoms with Gasteiger partial charge in [-0.2, -0.15) is 0 Å². The molecule has 0 N–H and O–H groups in total. The molecule has 0 spiro atoms. The molecule has 15 heavy (non-hydrogen) atoms. The second kappa shape index (κ2) is 5.03. The average Bonchev–Trinajstić information content (AvgIpc) is 2.20. The molecule has 0 aromatic rings. The normalized spacial score (nSPS) is 21.1. The van der Waals surface area contributed by atoms with Gasteiger partial charge >= 0.3 is 0 Å². The van der Waals surface area contributed by atoms with E-state index in [1.807, 2.05) is 26.2 Å². The molecule has 0 amide bonds. The third-order valence-corrected chi connectivity index (χ3v) is 2.42. The Balaban J connectivity index is 2.87. The zero-order chi connectivity index (χ0) is 11.4. The number of rotatable bonds is 4. The van der Waals surface area contributed by atoms with Crippen LogP contribution in [-0.2, 0) is 9.47 Å². The van der Waals surface area contributed by atoms with Gasteiger partial charge in [0.05, 0.1) is 20.1 Å². The SMILES string of the molecule is C=C1C=C(OC)C=C(OC)C1CN(C)C. The van der Waals surface area contributed by atoms with E-state index in [4.69, 9.17) is 9.47 Å². The van der Waals surface area contributed by atoms with Gasteiger partial charge in [-0.3, -0.25) is 0 Å². The van der Waals surface area contributed by atoms with Crippen LogP contribution in [0.3, 0.4) is 0 Å². The fourth-order valence-corrected chi connectivity index (χ4v) is 1.64. The number of methoxy groups -OCH3 is 2. The van der Waals surface area contributed by atoms with Crippen molar-refractivity contribution in [2.75, 3.05) is 34.9 Å². The van der Waals surface area contributed by atoms with Crippen molar-refractivity contribution in [3.63, 3.8) is 0 Å². The highest BCUT2D eigenvalue weighted by molar-refractivity contribution is 5.37. The largest absolute Gasteiger partial charge is 0.500 e. The summed E-state index contributed by atoms with van der Waals surface area (Å²) in [4.78, 5) is 2.12. The number of hydrogen-bond donors (Lipinski definition) is 0. The van der Waals surface area contributed by atoms with Crippen molar-refractivity contribution >= 4 is 0 Å². The van der Waals surface area contributed by atoms with Crippen LogP contribution >= 0.6 is 0 Å². The van der Waals surface area contributed by atoms with E-state index in [-0.39, 0.29) is 5.92 Å². The van der Waals surface area contributed by atoms with E-state index in [1.165, 1.54) is 0 Å². The minimum Gasteiger partial charge on any atom is -0.500 e. The zero-order valence-electron chi connectivity index (χ0n) is 9.91. The van der Waals surface area contributed by atoms with Crippen LogP contribution in [0.15, 0.2) is 35.8 Å². The third kappa shape index (κ3) is 2.86. The maximum Gasteiger partial charge on any atom is 0.122 e. The second-order valence-electron chi connectivity index (χ2n) is 3.89. The quantitative estimate of drug-likeness (QED) is 0.704. The van der Waals surface area contributed by atoms with Crippen LogP contribution in [0.25, 0.3) is 0 Å². The molecule has 0 aliphatic heterocycles. The highest BCUT2D eigenvalue weighted by Crippen LogP contribution is 2.28. The summed E-state index contributed by atoms with van der Waals surface area (Å²) < 4.78 is 10.5. The Bertz CT molecular complexity index is 303. The first-order chi connectivity index (χ1) is 7.08. The van der Waals surface area contributed by atoms with Gasteiger partial charge in [-0.1, -0.05) is 6.58 Å². The summed E-state index contributed by atoms with van der Waals surface area (Å²) in [6.45, 7) is 4.94. The van der Waals surface area contributed by atoms with Crippen LogP contribution in [0.1, 0.15) is 0 Å². The molecule has 1 atom stereocenters. The van der Waals surface area contributed by atoms with E-state index in [0.717, 1.165) is 23.6 Å². The molecule has 84 valence electrons. The molecular formula is C12H19NO2. The molecular weight excluding hydrogens is 190 g/mol. The lowest BCUT2D eigenvalue weighted by Crippen LogP contribution is -2.26. The van der Waals surface area contributed by atoms with Gasteiger partial charge in [0, 0.05) is 12.6 Å². The Hall–Kier alpha value is -1.22. The van der Waals surface area contributed by atoms with Crippen molar-refractivity contribution in [2.24, 2.45) is 5.92 Å². The molecule has 1 aliphatic rings. The summed E-state index contributed by atoms with van der Waals surface area (Å²) in [6, 6.07) is 0. The summed E-state index contributed by atoms with van der Waals surface area (Å²) in [5.41, 5.74) is 1.03. The molecule has 0 aromatic heterocycles. The fraction of sp³-hybridized carbons (Fsp3) is 0.500. The van der Waals surface area contributed by atoms with Gasteiger partial charge in [-0.15, -0.1) is 0 Å². The Morgan fingerprint density at radius 2 is 1.93 bits per heavy atom. The molecule has 3 nitrogen and oxygen atoms in total. The van der Waals surface area contributed by atoms with Crippen LogP contribution in [0.2, 0.25) is 0 Å². The van der Waals surface area contributed by atoms with Gasteiger partial charge in [-0.25, -0.2) is 0 Å². The lowest BCUT2D eigenvalue weighted by molar-refractivity contribution is 0.220. The predicted molar refractivity (Wildman–Crippen MR) is 61.4 cm³/mol. The predicted octanol–water partition coefficient (Wildman–Crippen LogP) is 1.79. The fourth-order valence-electron chi connectivity index (χ4n) is 1.64. The summed E-state index contributed by atoms with van der Waals surface area (Å²) in [5, 5.41) is 0. The minimum absolute atomic E-state index is 0.226. The van der Waals surface area contributed by atoms with Gasteiger partial charge in [0.15, 0.2) is 0 Å². The number of allylic oxidation sites excluding steroid dienone is 2. The van der Waals surface area contributed by atoms with Crippen molar-refractivity contribution in [1.29, 1.82) is 0 Å². The van der Waals surface area contributed by atoms with Crippen LogP contribution in [0.5, 0.6) is 0 Å². The summed E-state index contributed by atoms with van der Waals surface area (Å²) >= 11 is 0. The zero-order valence-corrected chi connectivity index (χ0v) is 9.91. The summed E-state index contributed by atoms with van der Waals surface area (Å²) in [7, 11) is 7.40. The van der Waals surface area contributed by atoms with E-state index in [2.05, 4.69) is 11.5 Å². The van der Waals surface area contributed by atoms with E-state index in [0.29, 0.717) is 0 Å². The van der Waals surface area contributed by atoms with Gasteiger partial charge in [0.2, 0.25) is 0 Å². The Morgan fingerprint density at radius 1 is 1.27 bits per heavy atom. The standard InChI is InChI=1S/C12H19NO2/c1-9-6-10(14-4)7-12(15-5)11(9)8-13(2)3/h6-7,11H,1,8H2,2-5H3. The van der Waals surface area contributed by atoms with Gasteiger partial charge in [0.25, 0.3) is 0 Å². The molecule has 0 radical (unpaired) electrons. The Labute approximate surface area is 91.7 Å². The van der Waals surface area contributed by atoms with Crippen molar-refractivity contribution in [3.8, 4) is 0 Å². The number of hydrogen-bond acceptors (Lipinski definition) is 3. The van der Waals surface area contributed by atoms with Gasteiger partial charge < -0.3 is 14.4 Å². The molecule has 0 saturated carbocycles. The van der Waals surface area contributed by atoms with Gasteiger partial charge in [0.1, 0.15) is 11.5 Å². The molecule has 3 heteroatoms. The van der Waals surface area contributed by atoms with Crippen molar-refractivity contribution in [1.82, 2.24) is 4.90 Å². The first-order valence-corrected chi connectivity index (χ1v) is 4.93. The molecule has 0 fully saturated rings. The maximum absolute atomic E-state index is 5.36. The van der Waals surface area contributed by atoms with Crippen molar-refractivity contribution in [3.05, 3.63) is 35.8 Å². The van der Waals surface area contributed by atoms with Crippen molar-refractivity contribution in [2.45, 2.75) is 0 Å². The highest BCUT2D eigenvalue weighted by atomic mass is 16.5. The van der Waals surface area contributed by atoms with Gasteiger partial charge in [-0.05, 0) is 25.7 Å². The topological polar surface area (TPSA) is 21.7 Å². The average molecular weight is 209 g/mol. The number of ether oxygens (including phenoxy) is 2. The summed E-state index contributed by atoms with van der Waals surface area (Å²) in [6.07, 6.45) is 3.87. The lowest BCUT2D eigenvalue weighted by atomic mass is 9.92. The Morgan fingerprint density at radius 3 is 2.40 bits per heavy atom. The maximum atomic E-state index is 5.36.